The normalized spacial score (nSPS) is 11.8. The van der Waals surface area contributed by atoms with Crippen molar-refractivity contribution in [3.63, 3.8) is 0 Å². The largest absolute Gasteiger partial charge is 0.380 e. The summed E-state index contributed by atoms with van der Waals surface area (Å²) < 4.78 is 7.15. The summed E-state index contributed by atoms with van der Waals surface area (Å²) in [6.07, 6.45) is 1.99. The molecule has 0 saturated carbocycles. The number of nitrogens with zero attached hydrogens (tertiary/aromatic N) is 2. The molecule has 2 aromatic rings. The molecule has 0 saturated heterocycles. The zero-order valence-electron chi connectivity index (χ0n) is 12.7. The van der Waals surface area contributed by atoms with Gasteiger partial charge in [-0.25, -0.2) is 4.68 Å². The van der Waals surface area contributed by atoms with Crippen LogP contribution in [0.5, 0.6) is 0 Å². The van der Waals surface area contributed by atoms with Crippen LogP contribution in [0.3, 0.4) is 0 Å². The molecule has 108 valence electrons. The maximum absolute atomic E-state index is 5.24. The number of para-hydroxylation sites is 1. The highest BCUT2D eigenvalue weighted by atomic mass is 16.5. The lowest BCUT2D eigenvalue weighted by molar-refractivity contribution is 0.184. The van der Waals surface area contributed by atoms with Crippen molar-refractivity contribution in [3.05, 3.63) is 47.8 Å². The van der Waals surface area contributed by atoms with Crippen LogP contribution >= 0.6 is 0 Å². The molecular formula is C16H23N3O. The summed E-state index contributed by atoms with van der Waals surface area (Å²) >= 11 is 0. The van der Waals surface area contributed by atoms with Crippen molar-refractivity contribution in [3.8, 4) is 5.69 Å². The van der Waals surface area contributed by atoms with E-state index in [0.29, 0.717) is 6.61 Å². The number of methoxy groups -OCH3 is 1. The van der Waals surface area contributed by atoms with Crippen molar-refractivity contribution >= 4 is 0 Å². The molecule has 0 aliphatic carbocycles. The molecule has 0 spiro atoms. The van der Waals surface area contributed by atoms with Gasteiger partial charge in [-0.1, -0.05) is 18.2 Å². The first kappa shape index (κ1) is 14.8. The van der Waals surface area contributed by atoms with E-state index in [1.807, 2.05) is 29.1 Å². The predicted octanol–water partition coefficient (Wildman–Crippen LogP) is 2.91. The summed E-state index contributed by atoms with van der Waals surface area (Å²) in [6.45, 7) is 7.81. The third kappa shape index (κ3) is 3.92. The first-order valence-electron chi connectivity index (χ1n) is 6.86. The maximum atomic E-state index is 5.24. The van der Waals surface area contributed by atoms with Gasteiger partial charge in [0.1, 0.15) is 0 Å². The number of rotatable bonds is 5. The fraction of sp³-hybridized carbons (Fsp3) is 0.438. The Balaban J connectivity index is 2.16. The van der Waals surface area contributed by atoms with Crippen LogP contribution in [0.25, 0.3) is 5.69 Å². The number of hydrogen-bond acceptors (Lipinski definition) is 3. The topological polar surface area (TPSA) is 39.1 Å². The van der Waals surface area contributed by atoms with Crippen molar-refractivity contribution in [2.75, 3.05) is 7.11 Å². The summed E-state index contributed by atoms with van der Waals surface area (Å²) in [7, 11) is 1.71. The van der Waals surface area contributed by atoms with E-state index < -0.39 is 0 Å². The Hall–Kier alpha value is -1.65. The average molecular weight is 273 g/mol. The number of benzene rings is 1. The number of nitrogens with one attached hydrogen (secondary N) is 1. The number of hydrogen-bond donors (Lipinski definition) is 1. The van der Waals surface area contributed by atoms with Crippen LogP contribution in [0.4, 0.5) is 0 Å². The van der Waals surface area contributed by atoms with Crippen molar-refractivity contribution in [2.45, 2.75) is 39.5 Å². The van der Waals surface area contributed by atoms with Crippen molar-refractivity contribution < 1.29 is 4.74 Å². The van der Waals surface area contributed by atoms with E-state index in [9.17, 15) is 0 Å². The zero-order chi connectivity index (χ0) is 14.6. The lowest BCUT2D eigenvalue weighted by Gasteiger charge is -2.19. The number of aromatic nitrogens is 2. The molecule has 4 nitrogen and oxygen atoms in total. The lowest BCUT2D eigenvalue weighted by Crippen LogP contribution is -2.35. The SMILES string of the molecule is COCc1ccccc1-n1ccc(CNC(C)(C)C)n1. The van der Waals surface area contributed by atoms with Crippen LogP contribution in [0.1, 0.15) is 32.0 Å². The molecule has 0 atom stereocenters. The molecule has 1 heterocycles. The molecule has 0 fully saturated rings. The standard InChI is InChI=1S/C16H23N3O/c1-16(2,3)17-11-14-9-10-19(18-14)15-8-6-5-7-13(15)12-20-4/h5-10,17H,11-12H2,1-4H3. The van der Waals surface area contributed by atoms with Crippen LogP contribution in [0.15, 0.2) is 36.5 Å². The highest BCUT2D eigenvalue weighted by Gasteiger charge is 2.10. The molecule has 0 radical (unpaired) electrons. The second kappa shape index (κ2) is 6.20. The summed E-state index contributed by atoms with van der Waals surface area (Å²) in [5, 5.41) is 8.07. The fourth-order valence-corrected chi connectivity index (χ4v) is 1.96. The van der Waals surface area contributed by atoms with E-state index in [-0.39, 0.29) is 5.54 Å². The van der Waals surface area contributed by atoms with Crippen LogP contribution in [-0.4, -0.2) is 22.4 Å². The van der Waals surface area contributed by atoms with E-state index in [1.165, 1.54) is 0 Å². The van der Waals surface area contributed by atoms with Crippen LogP contribution in [0, 0.1) is 0 Å². The van der Waals surface area contributed by atoms with Crippen molar-refractivity contribution in [1.29, 1.82) is 0 Å². The van der Waals surface area contributed by atoms with Gasteiger partial charge in [0.25, 0.3) is 0 Å². The third-order valence-corrected chi connectivity index (χ3v) is 2.98. The monoisotopic (exact) mass is 273 g/mol. The quantitative estimate of drug-likeness (QED) is 0.910. The first-order chi connectivity index (χ1) is 9.49. The molecule has 4 heteroatoms. The summed E-state index contributed by atoms with van der Waals surface area (Å²) in [4.78, 5) is 0. The Morgan fingerprint density at radius 1 is 1.20 bits per heavy atom. The highest BCUT2D eigenvalue weighted by molar-refractivity contribution is 5.40. The summed E-state index contributed by atoms with van der Waals surface area (Å²) in [5.41, 5.74) is 3.33. The molecule has 20 heavy (non-hydrogen) atoms. The van der Waals surface area contributed by atoms with Gasteiger partial charge in [-0.3, -0.25) is 0 Å². The van der Waals surface area contributed by atoms with Gasteiger partial charge in [-0.05, 0) is 32.9 Å². The zero-order valence-corrected chi connectivity index (χ0v) is 12.7. The Labute approximate surface area is 120 Å². The lowest BCUT2D eigenvalue weighted by atomic mass is 10.1. The third-order valence-electron chi connectivity index (χ3n) is 2.98. The van der Waals surface area contributed by atoms with E-state index >= 15 is 0 Å². The van der Waals surface area contributed by atoms with Gasteiger partial charge in [0.15, 0.2) is 0 Å². The van der Waals surface area contributed by atoms with E-state index in [1.54, 1.807) is 7.11 Å². The Kier molecular flexibility index (Phi) is 4.57. The van der Waals surface area contributed by atoms with Gasteiger partial charge in [0, 0.05) is 31.0 Å². The van der Waals surface area contributed by atoms with Crippen LogP contribution < -0.4 is 5.32 Å². The molecule has 0 amide bonds. The fourth-order valence-electron chi connectivity index (χ4n) is 1.96. The molecule has 2 rings (SSSR count). The minimum absolute atomic E-state index is 0.0950. The second-order valence-electron chi connectivity index (χ2n) is 5.92. The predicted molar refractivity (Wildman–Crippen MR) is 80.9 cm³/mol. The number of ether oxygens (including phenoxy) is 1. The molecule has 0 aliphatic heterocycles. The molecule has 1 aromatic heterocycles. The van der Waals surface area contributed by atoms with Crippen molar-refractivity contribution in [2.24, 2.45) is 0 Å². The highest BCUT2D eigenvalue weighted by Crippen LogP contribution is 2.15. The van der Waals surface area contributed by atoms with Crippen molar-refractivity contribution in [1.82, 2.24) is 15.1 Å². The second-order valence-corrected chi connectivity index (χ2v) is 5.92. The van der Waals surface area contributed by atoms with E-state index in [4.69, 9.17) is 4.74 Å². The minimum Gasteiger partial charge on any atom is -0.380 e. The Bertz CT molecular complexity index is 555. The maximum Gasteiger partial charge on any atom is 0.0767 e. The van der Waals surface area contributed by atoms with Gasteiger partial charge < -0.3 is 10.1 Å². The van der Waals surface area contributed by atoms with E-state index in [2.05, 4.69) is 43.3 Å². The van der Waals surface area contributed by atoms with Gasteiger partial charge in [0.2, 0.25) is 0 Å². The van der Waals surface area contributed by atoms with Gasteiger partial charge in [-0.2, -0.15) is 5.10 Å². The summed E-state index contributed by atoms with van der Waals surface area (Å²) in [6, 6.07) is 10.2. The van der Waals surface area contributed by atoms with Gasteiger partial charge in [-0.15, -0.1) is 0 Å². The molecule has 0 aliphatic rings. The van der Waals surface area contributed by atoms with Crippen LogP contribution in [0.2, 0.25) is 0 Å². The average Bonchev–Trinajstić information content (AvgIpc) is 2.85. The first-order valence-corrected chi connectivity index (χ1v) is 6.86. The molecule has 1 N–H and O–H groups in total. The molecule has 1 aromatic carbocycles. The van der Waals surface area contributed by atoms with Gasteiger partial charge in [0.05, 0.1) is 18.0 Å². The Morgan fingerprint density at radius 2 is 1.95 bits per heavy atom. The summed E-state index contributed by atoms with van der Waals surface area (Å²) in [5.74, 6) is 0. The molecule has 0 bridgehead atoms. The molecule has 0 unspecified atom stereocenters. The van der Waals surface area contributed by atoms with Gasteiger partial charge >= 0.3 is 0 Å². The van der Waals surface area contributed by atoms with E-state index in [0.717, 1.165) is 23.5 Å². The molecular weight excluding hydrogens is 250 g/mol. The Morgan fingerprint density at radius 3 is 2.65 bits per heavy atom. The minimum atomic E-state index is 0.0950. The van der Waals surface area contributed by atoms with Crippen LogP contribution in [-0.2, 0) is 17.9 Å². The smallest absolute Gasteiger partial charge is 0.0767 e.